The number of aliphatic imine (C=N–C) groups is 1. The zero-order valence-corrected chi connectivity index (χ0v) is 33.2. The molecule has 3 amide bonds. The third kappa shape index (κ3) is 15.5. The van der Waals surface area contributed by atoms with Gasteiger partial charge in [-0.2, -0.15) is 0 Å². The van der Waals surface area contributed by atoms with Crippen LogP contribution in [0.15, 0.2) is 71.7 Å². The highest BCUT2D eigenvalue weighted by Crippen LogP contribution is 2.32. The lowest BCUT2D eigenvalue weighted by Crippen LogP contribution is -2.47. The highest BCUT2D eigenvalue weighted by atomic mass is 35.5. The predicted octanol–water partition coefficient (Wildman–Crippen LogP) is 7.86. The molecule has 0 aromatic heterocycles. The van der Waals surface area contributed by atoms with Crippen LogP contribution >= 0.6 is 23.2 Å². The fraction of sp³-hybridized carbons (Fsp3) is 0.385. The van der Waals surface area contributed by atoms with Crippen molar-refractivity contribution in [1.82, 2.24) is 16.0 Å². The fourth-order valence-corrected chi connectivity index (χ4v) is 4.91. The number of ether oxygens (including phenoxy) is 4. The Hall–Kier alpha value is -5.14. The van der Waals surface area contributed by atoms with Crippen LogP contribution in [0.25, 0.3) is 0 Å². The fourth-order valence-electron chi connectivity index (χ4n) is 4.47. The van der Waals surface area contributed by atoms with Crippen LogP contribution in [0.2, 0.25) is 10.0 Å². The van der Waals surface area contributed by atoms with Crippen molar-refractivity contribution in [2.45, 2.75) is 98.0 Å². The number of carbonyl (C=O) groups excluding carboxylic acids is 5. The first-order valence-electron chi connectivity index (χ1n) is 16.9. The Morgan fingerprint density at radius 2 is 1.24 bits per heavy atom. The predicted molar refractivity (Wildman–Crippen MR) is 205 cm³/mol. The molecule has 0 aliphatic carbocycles. The van der Waals surface area contributed by atoms with E-state index in [4.69, 9.17) is 42.1 Å². The molecule has 0 aliphatic rings. The molecule has 1 atom stereocenters. The maximum Gasteiger partial charge on any atom is 0.414 e. The van der Waals surface area contributed by atoms with Crippen LogP contribution in [0.4, 0.5) is 15.3 Å². The molecule has 0 heterocycles. The number of rotatable bonds is 9. The smallest absolute Gasteiger partial charge is 0.414 e. The highest BCUT2D eigenvalue weighted by Gasteiger charge is 2.28. The number of amides is 3. The second kappa shape index (κ2) is 18.3. The van der Waals surface area contributed by atoms with E-state index in [1.54, 1.807) is 62.3 Å². The highest BCUT2D eigenvalue weighted by molar-refractivity contribution is 6.35. The Balaban J connectivity index is 1.72. The van der Waals surface area contributed by atoms with Crippen molar-refractivity contribution >= 4 is 64.9 Å². The van der Waals surface area contributed by atoms with Gasteiger partial charge in [-0.3, -0.25) is 15.4 Å². The van der Waals surface area contributed by atoms with Crippen molar-refractivity contribution < 1.29 is 42.9 Å². The summed E-state index contributed by atoms with van der Waals surface area (Å²) in [6.45, 7) is 15.3. The van der Waals surface area contributed by atoms with E-state index in [0.29, 0.717) is 5.56 Å². The normalized spacial score (nSPS) is 12.1. The van der Waals surface area contributed by atoms with Gasteiger partial charge in [0.2, 0.25) is 11.9 Å². The molecule has 3 aromatic rings. The van der Waals surface area contributed by atoms with Gasteiger partial charge in [0.05, 0.1) is 22.7 Å². The van der Waals surface area contributed by atoms with E-state index >= 15 is 0 Å². The van der Waals surface area contributed by atoms with Gasteiger partial charge in [0.15, 0.2) is 5.75 Å². The van der Waals surface area contributed by atoms with Crippen LogP contribution in [0.3, 0.4) is 0 Å². The Kier molecular flexibility index (Phi) is 14.6. The van der Waals surface area contributed by atoms with E-state index in [-0.39, 0.29) is 45.8 Å². The van der Waals surface area contributed by atoms with Gasteiger partial charge in [-0.25, -0.2) is 24.2 Å². The first kappa shape index (κ1) is 43.3. The minimum atomic E-state index is -0.959. The molecule has 54 heavy (non-hydrogen) atoms. The largest absolute Gasteiger partial charge is 0.458 e. The van der Waals surface area contributed by atoms with Gasteiger partial charge in [-0.15, -0.1) is 0 Å². The SMILES string of the molecule is CC(C)(C)OC(=O)NC(=Nc1ccc(C(=O)Oc2cc(Cl)c(CC(=O)N[C@@H](Cc3ccccc3)C(=O)OC(C)(C)C)cc2Cl)cc1)NC(=O)OC(C)(C)C. The van der Waals surface area contributed by atoms with Crippen molar-refractivity contribution in [1.29, 1.82) is 0 Å². The molecule has 0 saturated heterocycles. The molecule has 15 heteroatoms. The Bertz CT molecular complexity index is 1830. The standard InChI is InChI=1S/C39H46Cl2N4O9/c1-37(2,3)52-33(48)29(19-23-13-11-10-12-14-23)43-31(46)21-25-20-28(41)30(22-27(25)40)51-32(47)24-15-17-26(18-16-24)42-34(44-35(49)53-38(4,5)6)45-36(50)54-39(7,8)9/h10-18,20,22,29H,19,21H2,1-9H3,(H,43,46)(H2,42,44,45,49,50)/t29-/m0/s1. The molecule has 0 bridgehead atoms. The minimum absolute atomic E-state index is 0.0100. The molecule has 0 unspecified atom stereocenters. The van der Waals surface area contributed by atoms with Crippen LogP contribution in [0.5, 0.6) is 5.75 Å². The van der Waals surface area contributed by atoms with Gasteiger partial charge in [-0.05, 0) is 104 Å². The molecular weight excluding hydrogens is 739 g/mol. The maximum atomic E-state index is 13.1. The van der Waals surface area contributed by atoms with E-state index < -0.39 is 52.9 Å². The summed E-state index contributed by atoms with van der Waals surface area (Å²) in [5.41, 5.74) is -0.880. The molecular formula is C39H46Cl2N4O9. The third-order valence-electron chi connectivity index (χ3n) is 6.55. The lowest BCUT2D eigenvalue weighted by molar-refractivity contribution is -0.158. The maximum absolute atomic E-state index is 13.1. The zero-order chi connectivity index (χ0) is 40.4. The number of nitrogens with zero attached hydrogens (tertiary/aromatic N) is 1. The lowest BCUT2D eigenvalue weighted by Gasteiger charge is -2.25. The van der Waals surface area contributed by atoms with Crippen LogP contribution in [-0.2, 0) is 36.6 Å². The Labute approximate surface area is 325 Å². The summed E-state index contributed by atoms with van der Waals surface area (Å²) >= 11 is 12.9. The zero-order valence-electron chi connectivity index (χ0n) is 31.7. The molecule has 0 saturated carbocycles. The Morgan fingerprint density at radius 3 is 1.76 bits per heavy atom. The van der Waals surface area contributed by atoms with E-state index in [2.05, 4.69) is 20.9 Å². The van der Waals surface area contributed by atoms with Crippen molar-refractivity contribution in [2.24, 2.45) is 4.99 Å². The van der Waals surface area contributed by atoms with Gasteiger partial charge in [0, 0.05) is 17.5 Å². The number of halogens is 2. The van der Waals surface area contributed by atoms with E-state index in [0.717, 1.165) is 5.56 Å². The molecule has 3 rings (SSSR count). The van der Waals surface area contributed by atoms with E-state index in [9.17, 15) is 24.0 Å². The monoisotopic (exact) mass is 784 g/mol. The van der Waals surface area contributed by atoms with Crippen molar-refractivity contribution in [2.75, 3.05) is 0 Å². The van der Waals surface area contributed by atoms with Gasteiger partial charge < -0.3 is 24.3 Å². The first-order valence-corrected chi connectivity index (χ1v) is 17.7. The molecule has 3 N–H and O–H groups in total. The van der Waals surface area contributed by atoms with Crippen molar-refractivity contribution in [3.8, 4) is 5.75 Å². The van der Waals surface area contributed by atoms with Crippen molar-refractivity contribution in [3.63, 3.8) is 0 Å². The third-order valence-corrected chi connectivity index (χ3v) is 7.19. The van der Waals surface area contributed by atoms with Gasteiger partial charge in [0.25, 0.3) is 0 Å². The summed E-state index contributed by atoms with van der Waals surface area (Å²) in [7, 11) is 0. The summed E-state index contributed by atoms with van der Waals surface area (Å²) < 4.78 is 21.6. The van der Waals surface area contributed by atoms with Crippen LogP contribution in [-0.4, -0.2) is 58.8 Å². The topological polar surface area (TPSA) is 171 Å². The quantitative estimate of drug-likeness (QED) is 0.0643. The summed E-state index contributed by atoms with van der Waals surface area (Å²) in [5, 5.41) is 7.61. The lowest BCUT2D eigenvalue weighted by atomic mass is 10.0. The van der Waals surface area contributed by atoms with Crippen LogP contribution in [0.1, 0.15) is 83.8 Å². The number of esters is 2. The molecule has 0 aliphatic heterocycles. The Morgan fingerprint density at radius 1 is 0.704 bits per heavy atom. The first-order chi connectivity index (χ1) is 25.0. The average molecular weight is 786 g/mol. The van der Waals surface area contributed by atoms with Crippen molar-refractivity contribution in [3.05, 3.63) is 93.5 Å². The number of hydrogen-bond acceptors (Lipinski definition) is 10. The molecule has 3 aromatic carbocycles. The summed E-state index contributed by atoms with van der Waals surface area (Å²) in [5.74, 6) is -2.20. The van der Waals surface area contributed by atoms with E-state index in [1.807, 2.05) is 30.3 Å². The van der Waals surface area contributed by atoms with E-state index in [1.165, 1.54) is 36.4 Å². The number of hydrogen-bond donors (Lipinski definition) is 3. The van der Waals surface area contributed by atoms with Gasteiger partial charge in [0.1, 0.15) is 22.8 Å². The van der Waals surface area contributed by atoms with Gasteiger partial charge >= 0.3 is 24.1 Å². The average Bonchev–Trinajstić information content (AvgIpc) is 3.01. The van der Waals surface area contributed by atoms with Crippen LogP contribution < -0.4 is 20.7 Å². The second-order valence-electron chi connectivity index (χ2n) is 15.0. The minimum Gasteiger partial charge on any atom is -0.458 e. The summed E-state index contributed by atoms with van der Waals surface area (Å²) in [6.07, 6.45) is -1.75. The summed E-state index contributed by atoms with van der Waals surface area (Å²) in [6, 6.07) is 16.7. The molecule has 0 radical (unpaired) electrons. The molecule has 13 nitrogen and oxygen atoms in total. The number of guanidine groups is 1. The molecule has 0 spiro atoms. The number of benzene rings is 3. The molecule has 290 valence electrons. The molecule has 0 fully saturated rings. The van der Waals surface area contributed by atoms with Crippen LogP contribution in [0, 0.1) is 0 Å². The summed E-state index contributed by atoms with van der Waals surface area (Å²) in [4.78, 5) is 68.2. The van der Waals surface area contributed by atoms with Gasteiger partial charge in [-0.1, -0.05) is 53.5 Å². The number of carbonyl (C=O) groups is 5. The second-order valence-corrected chi connectivity index (χ2v) is 15.9. The number of nitrogens with one attached hydrogen (secondary N) is 3. The number of alkyl carbamates (subject to hydrolysis) is 2.